The van der Waals surface area contributed by atoms with Crippen LogP contribution in [0.25, 0.3) is 0 Å². The molecule has 0 aromatic rings. The summed E-state index contributed by atoms with van der Waals surface area (Å²) in [5.74, 6) is 0.0141. The fourth-order valence-electron chi connectivity index (χ4n) is 0.453. The minimum Gasteiger partial charge on any atom is -0.389 e. The van der Waals surface area contributed by atoms with Gasteiger partial charge in [0, 0.05) is 6.26 Å². The first-order valence-electron chi connectivity index (χ1n) is 2.94. The predicted octanol–water partition coefficient (Wildman–Crippen LogP) is -0.0320. The molecule has 0 saturated carbocycles. The number of sulfone groups is 1. The molecule has 1 atom stereocenters. The first-order valence-corrected chi connectivity index (χ1v) is 5.00. The number of aliphatic hydroxyl groups excluding tert-OH is 1. The number of aliphatic hydroxyl groups is 1. The topological polar surface area (TPSA) is 54.4 Å². The third-order valence-electron chi connectivity index (χ3n) is 1.06. The minimum absolute atomic E-state index is 0.0141. The highest BCUT2D eigenvalue weighted by molar-refractivity contribution is 7.90. The lowest BCUT2D eigenvalue weighted by atomic mass is 10.3. The molecule has 1 N–H and O–H groups in total. The van der Waals surface area contributed by atoms with Gasteiger partial charge < -0.3 is 5.11 Å². The van der Waals surface area contributed by atoms with Crippen molar-refractivity contribution in [2.75, 3.05) is 12.0 Å². The van der Waals surface area contributed by atoms with Gasteiger partial charge in [-0.25, -0.2) is 8.42 Å². The van der Waals surface area contributed by atoms with Gasteiger partial charge in [-0.3, -0.25) is 0 Å². The van der Waals surface area contributed by atoms with E-state index in [1.54, 1.807) is 0 Å². The molecule has 0 aliphatic carbocycles. The van der Waals surface area contributed by atoms with Crippen LogP contribution in [0.4, 0.5) is 0 Å². The van der Waals surface area contributed by atoms with Crippen molar-refractivity contribution in [1.82, 2.24) is 0 Å². The molecule has 0 aromatic carbocycles. The molecule has 60 valence electrons. The molecule has 0 aliphatic rings. The molecule has 0 heterocycles. The van der Waals surface area contributed by atoms with Gasteiger partial charge in [0.1, 0.15) is 9.84 Å². The predicted molar refractivity (Wildman–Crippen MR) is 40.5 cm³/mol. The average molecular weight is 164 g/mol. The van der Waals surface area contributed by atoms with Crippen molar-refractivity contribution in [3.63, 3.8) is 0 Å². The molecule has 10 heavy (non-hydrogen) atoms. The lowest BCUT2D eigenvalue weighted by Crippen LogP contribution is -2.11. The van der Waals surface area contributed by atoms with E-state index in [1.165, 1.54) is 6.08 Å². The summed E-state index contributed by atoms with van der Waals surface area (Å²) < 4.78 is 21.0. The third-order valence-corrected chi connectivity index (χ3v) is 2.03. The van der Waals surface area contributed by atoms with Gasteiger partial charge in [-0.2, -0.15) is 0 Å². The molecule has 4 heteroatoms. The summed E-state index contributed by atoms with van der Waals surface area (Å²) in [6.07, 6.45) is 2.01. The molecule has 0 aliphatic heterocycles. The van der Waals surface area contributed by atoms with Crippen LogP contribution in [0.2, 0.25) is 0 Å². The molecular formula is C6H12O3S. The number of hydrogen-bond donors (Lipinski definition) is 1. The summed E-state index contributed by atoms with van der Waals surface area (Å²) in [4.78, 5) is 0. The van der Waals surface area contributed by atoms with Crippen LogP contribution in [0.3, 0.4) is 0 Å². The Bertz CT molecular complexity index is 193. The number of rotatable bonds is 4. The third kappa shape index (κ3) is 5.78. The summed E-state index contributed by atoms with van der Waals surface area (Å²) in [6, 6.07) is 0. The Kier molecular flexibility index (Phi) is 3.60. The van der Waals surface area contributed by atoms with Gasteiger partial charge in [0.15, 0.2) is 0 Å². The zero-order chi connectivity index (χ0) is 8.20. The highest BCUT2D eigenvalue weighted by Gasteiger charge is 2.04. The molecule has 0 saturated heterocycles. The van der Waals surface area contributed by atoms with Crippen LogP contribution in [0.15, 0.2) is 12.7 Å². The molecule has 0 amide bonds. The van der Waals surface area contributed by atoms with E-state index in [4.69, 9.17) is 5.11 Å². The van der Waals surface area contributed by atoms with Crippen LogP contribution in [0.1, 0.15) is 6.42 Å². The second-order valence-corrected chi connectivity index (χ2v) is 4.48. The maximum Gasteiger partial charge on any atom is 0.147 e. The summed E-state index contributed by atoms with van der Waals surface area (Å²) in [6.45, 7) is 3.32. The van der Waals surface area contributed by atoms with Crippen LogP contribution in [-0.2, 0) is 9.84 Å². The Hall–Kier alpha value is -0.350. The molecule has 0 bridgehead atoms. The highest BCUT2D eigenvalue weighted by atomic mass is 32.2. The first-order chi connectivity index (χ1) is 4.45. The van der Waals surface area contributed by atoms with Crippen LogP contribution in [-0.4, -0.2) is 31.6 Å². The molecule has 3 nitrogen and oxygen atoms in total. The Balaban J connectivity index is 3.66. The second kappa shape index (κ2) is 3.73. The Morgan fingerprint density at radius 2 is 2.20 bits per heavy atom. The van der Waals surface area contributed by atoms with Crippen molar-refractivity contribution in [1.29, 1.82) is 0 Å². The van der Waals surface area contributed by atoms with Crippen molar-refractivity contribution in [2.45, 2.75) is 12.5 Å². The van der Waals surface area contributed by atoms with Gasteiger partial charge in [0.2, 0.25) is 0 Å². The van der Waals surface area contributed by atoms with Gasteiger partial charge in [0.05, 0.1) is 11.9 Å². The van der Waals surface area contributed by atoms with Crippen LogP contribution >= 0.6 is 0 Å². The lowest BCUT2D eigenvalue weighted by Gasteiger charge is -2.01. The SMILES string of the molecule is C=CC(O)CCS(C)(=O)=O. The van der Waals surface area contributed by atoms with Crippen LogP contribution < -0.4 is 0 Å². The molecule has 1 unspecified atom stereocenters. The van der Waals surface area contributed by atoms with Gasteiger partial charge >= 0.3 is 0 Å². The van der Waals surface area contributed by atoms with E-state index in [2.05, 4.69) is 6.58 Å². The number of hydrogen-bond acceptors (Lipinski definition) is 3. The smallest absolute Gasteiger partial charge is 0.147 e. The monoisotopic (exact) mass is 164 g/mol. The van der Waals surface area contributed by atoms with Crippen LogP contribution in [0.5, 0.6) is 0 Å². The fraction of sp³-hybridized carbons (Fsp3) is 0.667. The molecule has 0 spiro atoms. The van der Waals surface area contributed by atoms with Crippen molar-refractivity contribution in [2.24, 2.45) is 0 Å². The minimum atomic E-state index is -2.94. The quantitative estimate of drug-likeness (QED) is 0.593. The molecule has 0 fully saturated rings. The van der Waals surface area contributed by atoms with Gasteiger partial charge in [-0.1, -0.05) is 6.08 Å². The normalized spacial score (nSPS) is 14.6. The zero-order valence-corrected chi connectivity index (χ0v) is 6.76. The van der Waals surface area contributed by atoms with E-state index in [-0.39, 0.29) is 12.2 Å². The molecular weight excluding hydrogens is 152 g/mol. The van der Waals surface area contributed by atoms with E-state index in [0.29, 0.717) is 0 Å². The highest BCUT2D eigenvalue weighted by Crippen LogP contribution is 1.95. The second-order valence-electron chi connectivity index (χ2n) is 2.22. The van der Waals surface area contributed by atoms with Gasteiger partial charge in [-0.05, 0) is 6.42 Å². The van der Waals surface area contributed by atoms with Gasteiger partial charge in [-0.15, -0.1) is 6.58 Å². The van der Waals surface area contributed by atoms with Crippen molar-refractivity contribution in [3.8, 4) is 0 Å². The van der Waals surface area contributed by atoms with Gasteiger partial charge in [0.25, 0.3) is 0 Å². The molecule has 0 rings (SSSR count). The maximum absolute atomic E-state index is 10.5. The van der Waals surface area contributed by atoms with E-state index >= 15 is 0 Å². The maximum atomic E-state index is 10.5. The van der Waals surface area contributed by atoms with Crippen molar-refractivity contribution >= 4 is 9.84 Å². The summed E-state index contributed by atoms with van der Waals surface area (Å²) >= 11 is 0. The largest absolute Gasteiger partial charge is 0.389 e. The Morgan fingerprint density at radius 1 is 1.70 bits per heavy atom. The standard InChI is InChI=1S/C6H12O3S/c1-3-6(7)4-5-10(2,8)9/h3,6-7H,1,4-5H2,2H3. The molecule has 0 aromatic heterocycles. The molecule has 0 radical (unpaired) electrons. The van der Waals surface area contributed by atoms with Crippen molar-refractivity contribution in [3.05, 3.63) is 12.7 Å². The van der Waals surface area contributed by atoms with E-state index in [9.17, 15) is 8.42 Å². The van der Waals surface area contributed by atoms with E-state index in [0.717, 1.165) is 6.26 Å². The average Bonchev–Trinajstić information content (AvgIpc) is 1.81. The van der Waals surface area contributed by atoms with Crippen LogP contribution in [0, 0.1) is 0 Å². The first kappa shape index (κ1) is 9.65. The summed E-state index contributed by atoms with van der Waals surface area (Å²) in [7, 11) is -2.94. The van der Waals surface area contributed by atoms with E-state index < -0.39 is 15.9 Å². The lowest BCUT2D eigenvalue weighted by molar-refractivity contribution is 0.220. The van der Waals surface area contributed by atoms with E-state index in [1.807, 2.05) is 0 Å². The van der Waals surface area contributed by atoms with Crippen molar-refractivity contribution < 1.29 is 13.5 Å². The zero-order valence-electron chi connectivity index (χ0n) is 5.95. The fourth-order valence-corrected chi connectivity index (χ4v) is 1.12. The summed E-state index contributed by atoms with van der Waals surface area (Å²) in [5, 5.41) is 8.84. The Morgan fingerprint density at radius 3 is 2.50 bits per heavy atom. The Labute approximate surface area is 61.3 Å². The summed E-state index contributed by atoms with van der Waals surface area (Å²) in [5.41, 5.74) is 0.